The van der Waals surface area contributed by atoms with Crippen LogP contribution in [0.5, 0.6) is 0 Å². The lowest BCUT2D eigenvalue weighted by molar-refractivity contribution is 0.315. The Morgan fingerprint density at radius 2 is 2.00 bits per heavy atom. The number of halogens is 1. The number of hydrogen-bond acceptors (Lipinski definition) is 2. The molecule has 1 aromatic heterocycles. The van der Waals surface area contributed by atoms with Crippen LogP contribution in [-0.4, -0.2) is 22.4 Å². The van der Waals surface area contributed by atoms with Gasteiger partial charge < -0.3 is 5.32 Å². The van der Waals surface area contributed by atoms with Crippen molar-refractivity contribution in [2.75, 3.05) is 6.54 Å². The summed E-state index contributed by atoms with van der Waals surface area (Å²) < 4.78 is 3.20. The van der Waals surface area contributed by atoms with Gasteiger partial charge in [0.05, 0.1) is 15.9 Å². The van der Waals surface area contributed by atoms with Crippen LogP contribution in [0.1, 0.15) is 57.8 Å². The zero-order valence-electron chi connectivity index (χ0n) is 13.7. The van der Waals surface area contributed by atoms with Crippen LogP contribution in [0.15, 0.2) is 4.47 Å². The molecule has 116 valence electrons. The number of aromatic nitrogens is 2. The summed E-state index contributed by atoms with van der Waals surface area (Å²) in [5.41, 5.74) is 2.39. The van der Waals surface area contributed by atoms with Crippen LogP contribution in [0, 0.1) is 12.8 Å². The predicted octanol–water partition coefficient (Wildman–Crippen LogP) is 4.23. The first-order chi connectivity index (χ1) is 9.54. The summed E-state index contributed by atoms with van der Waals surface area (Å²) in [6.45, 7) is 9.87. The summed E-state index contributed by atoms with van der Waals surface area (Å²) in [5.74, 6) is 0.747. The molecule has 0 fully saturated rings. The fourth-order valence-corrected chi connectivity index (χ4v) is 3.43. The number of nitrogens with one attached hydrogen (secondary N) is 1. The van der Waals surface area contributed by atoms with E-state index in [2.05, 4.69) is 54.0 Å². The molecule has 2 atom stereocenters. The molecule has 3 nitrogen and oxygen atoms in total. The van der Waals surface area contributed by atoms with Gasteiger partial charge in [-0.15, -0.1) is 0 Å². The van der Waals surface area contributed by atoms with Gasteiger partial charge >= 0.3 is 0 Å². The van der Waals surface area contributed by atoms with Gasteiger partial charge in [0.25, 0.3) is 0 Å². The number of likely N-dealkylation sites (N-methyl/N-ethyl adjacent to an activating group) is 1. The molecule has 1 heterocycles. The summed E-state index contributed by atoms with van der Waals surface area (Å²) in [6.07, 6.45) is 6.22. The Morgan fingerprint density at radius 3 is 2.45 bits per heavy atom. The highest BCUT2D eigenvalue weighted by molar-refractivity contribution is 9.10. The molecular formula is C16H30BrN3. The third-order valence-corrected chi connectivity index (χ3v) is 5.19. The Hall–Kier alpha value is -0.350. The van der Waals surface area contributed by atoms with Gasteiger partial charge in [-0.2, -0.15) is 5.10 Å². The Bertz CT molecular complexity index is 401. The van der Waals surface area contributed by atoms with E-state index in [1.54, 1.807) is 0 Å². The molecule has 20 heavy (non-hydrogen) atoms. The second-order valence-electron chi connectivity index (χ2n) is 5.65. The van der Waals surface area contributed by atoms with E-state index in [4.69, 9.17) is 0 Å². The van der Waals surface area contributed by atoms with Crippen molar-refractivity contribution < 1.29 is 0 Å². The monoisotopic (exact) mass is 343 g/mol. The lowest BCUT2D eigenvalue weighted by atomic mass is 9.88. The molecule has 1 rings (SSSR count). The lowest BCUT2D eigenvalue weighted by Crippen LogP contribution is -2.38. The van der Waals surface area contributed by atoms with Crippen molar-refractivity contribution in [1.29, 1.82) is 0 Å². The highest BCUT2D eigenvalue weighted by atomic mass is 79.9. The summed E-state index contributed by atoms with van der Waals surface area (Å²) >= 11 is 3.69. The number of rotatable bonds is 9. The fraction of sp³-hybridized carbons (Fsp3) is 0.812. The standard InChI is InChI=1S/C16H30BrN3/c1-6-9-10-13(7-2)14(18-8-3)11-15-16(17)12(4)19-20(15)5/h13-14,18H,6-11H2,1-5H3. The van der Waals surface area contributed by atoms with Gasteiger partial charge in [0.2, 0.25) is 0 Å². The van der Waals surface area contributed by atoms with Gasteiger partial charge in [-0.3, -0.25) is 4.68 Å². The van der Waals surface area contributed by atoms with Gasteiger partial charge in [0.1, 0.15) is 0 Å². The summed E-state index contributed by atoms with van der Waals surface area (Å²) in [5, 5.41) is 8.21. The maximum absolute atomic E-state index is 4.51. The van der Waals surface area contributed by atoms with E-state index >= 15 is 0 Å². The van der Waals surface area contributed by atoms with Crippen molar-refractivity contribution in [2.45, 2.75) is 65.8 Å². The number of hydrogen-bond donors (Lipinski definition) is 1. The summed E-state index contributed by atoms with van der Waals surface area (Å²) in [7, 11) is 2.04. The average Bonchev–Trinajstić information content (AvgIpc) is 2.66. The highest BCUT2D eigenvalue weighted by Gasteiger charge is 2.22. The van der Waals surface area contributed by atoms with Crippen molar-refractivity contribution in [3.63, 3.8) is 0 Å². The maximum atomic E-state index is 4.51. The molecule has 2 unspecified atom stereocenters. The van der Waals surface area contributed by atoms with Crippen molar-refractivity contribution >= 4 is 15.9 Å². The van der Waals surface area contributed by atoms with E-state index in [0.717, 1.165) is 24.6 Å². The van der Waals surface area contributed by atoms with Gasteiger partial charge in [-0.1, -0.05) is 40.0 Å². The quantitative estimate of drug-likeness (QED) is 0.727. The van der Waals surface area contributed by atoms with E-state index in [0.29, 0.717) is 6.04 Å². The molecule has 1 aromatic rings. The van der Waals surface area contributed by atoms with Crippen LogP contribution in [0.4, 0.5) is 0 Å². The zero-order chi connectivity index (χ0) is 15.1. The molecular weight excluding hydrogens is 314 g/mol. The first-order valence-electron chi connectivity index (χ1n) is 7.96. The van der Waals surface area contributed by atoms with E-state index < -0.39 is 0 Å². The topological polar surface area (TPSA) is 29.9 Å². The first-order valence-corrected chi connectivity index (χ1v) is 8.75. The van der Waals surface area contributed by atoms with Gasteiger partial charge in [0, 0.05) is 19.5 Å². The molecule has 1 N–H and O–H groups in total. The summed E-state index contributed by atoms with van der Waals surface area (Å²) in [6, 6.07) is 0.544. The fourth-order valence-electron chi connectivity index (χ4n) is 2.93. The van der Waals surface area contributed by atoms with E-state index in [1.807, 2.05) is 11.7 Å². The molecule has 0 aliphatic carbocycles. The van der Waals surface area contributed by atoms with Crippen molar-refractivity contribution in [3.05, 3.63) is 15.9 Å². The van der Waals surface area contributed by atoms with Gasteiger partial charge in [0.15, 0.2) is 0 Å². The highest BCUT2D eigenvalue weighted by Crippen LogP contribution is 2.25. The third kappa shape index (κ3) is 4.59. The largest absolute Gasteiger partial charge is 0.314 e. The first kappa shape index (κ1) is 17.7. The minimum absolute atomic E-state index is 0.544. The van der Waals surface area contributed by atoms with Crippen LogP contribution in [-0.2, 0) is 13.5 Å². The molecule has 0 bridgehead atoms. The molecule has 0 saturated heterocycles. The molecule has 0 amide bonds. The number of unbranched alkanes of at least 4 members (excludes halogenated alkanes) is 1. The smallest absolute Gasteiger partial charge is 0.0738 e. The second-order valence-corrected chi connectivity index (χ2v) is 6.44. The maximum Gasteiger partial charge on any atom is 0.0738 e. The minimum atomic E-state index is 0.544. The average molecular weight is 344 g/mol. The summed E-state index contributed by atoms with van der Waals surface area (Å²) in [4.78, 5) is 0. The van der Waals surface area contributed by atoms with Crippen LogP contribution < -0.4 is 5.32 Å². The Labute approximate surface area is 132 Å². The Balaban J connectivity index is 2.84. The van der Waals surface area contributed by atoms with Crippen LogP contribution in [0.2, 0.25) is 0 Å². The molecule has 0 aliphatic rings. The molecule has 0 aromatic carbocycles. The lowest BCUT2D eigenvalue weighted by Gasteiger charge is -2.27. The molecule has 0 radical (unpaired) electrons. The van der Waals surface area contributed by atoms with Crippen molar-refractivity contribution in [2.24, 2.45) is 13.0 Å². The molecule has 0 spiro atoms. The Kier molecular flexibility index (Phi) is 7.82. The van der Waals surface area contributed by atoms with Crippen molar-refractivity contribution in [1.82, 2.24) is 15.1 Å². The van der Waals surface area contributed by atoms with Crippen LogP contribution in [0.25, 0.3) is 0 Å². The molecule has 0 aliphatic heterocycles. The third-order valence-electron chi connectivity index (χ3n) is 4.16. The van der Waals surface area contributed by atoms with Crippen LogP contribution in [0.3, 0.4) is 0 Å². The van der Waals surface area contributed by atoms with Gasteiger partial charge in [-0.25, -0.2) is 0 Å². The van der Waals surface area contributed by atoms with Gasteiger partial charge in [-0.05, 0) is 41.7 Å². The zero-order valence-corrected chi connectivity index (χ0v) is 15.3. The number of aryl methyl sites for hydroxylation is 2. The van der Waals surface area contributed by atoms with E-state index in [9.17, 15) is 0 Å². The molecule has 0 saturated carbocycles. The van der Waals surface area contributed by atoms with Crippen LogP contribution >= 0.6 is 15.9 Å². The normalized spacial score (nSPS) is 14.5. The minimum Gasteiger partial charge on any atom is -0.314 e. The second kappa shape index (κ2) is 8.83. The molecule has 4 heteroatoms. The SMILES string of the molecule is CCCCC(CC)C(Cc1c(Br)c(C)nn1C)NCC. The van der Waals surface area contributed by atoms with E-state index in [1.165, 1.54) is 35.8 Å². The van der Waals surface area contributed by atoms with E-state index in [-0.39, 0.29) is 0 Å². The van der Waals surface area contributed by atoms with Crippen molar-refractivity contribution in [3.8, 4) is 0 Å². The predicted molar refractivity (Wildman–Crippen MR) is 90.1 cm³/mol. The Morgan fingerprint density at radius 1 is 1.30 bits per heavy atom. The number of nitrogens with zero attached hydrogens (tertiary/aromatic N) is 2.